The Balaban J connectivity index is 1.30. The molecular formula is C22H21N3O4S2. The Morgan fingerprint density at radius 1 is 1.19 bits per heavy atom. The maximum atomic E-state index is 12.6. The first kappa shape index (κ1) is 21.2. The van der Waals surface area contributed by atoms with E-state index >= 15 is 0 Å². The molecule has 2 aromatic heterocycles. The predicted molar refractivity (Wildman–Crippen MR) is 120 cm³/mol. The van der Waals surface area contributed by atoms with Gasteiger partial charge in [0.05, 0.1) is 10.6 Å². The van der Waals surface area contributed by atoms with Crippen LogP contribution in [0.25, 0.3) is 11.3 Å². The van der Waals surface area contributed by atoms with E-state index in [4.69, 9.17) is 4.74 Å². The van der Waals surface area contributed by atoms with Crippen molar-refractivity contribution in [2.45, 2.75) is 25.8 Å². The molecule has 4 rings (SSSR count). The van der Waals surface area contributed by atoms with E-state index in [0.29, 0.717) is 23.0 Å². The SMILES string of the molecule is Cc1ccc(-c2csc(NC(=O)COC(=O)[C@H]3CCCN3C(=O)c3cccs3)n2)cc1. The number of thiazole rings is 1. The highest BCUT2D eigenvalue weighted by Gasteiger charge is 2.36. The van der Waals surface area contributed by atoms with E-state index in [-0.39, 0.29) is 5.91 Å². The lowest BCUT2D eigenvalue weighted by Gasteiger charge is -2.22. The van der Waals surface area contributed by atoms with Crippen LogP contribution >= 0.6 is 22.7 Å². The normalized spacial score (nSPS) is 15.6. The summed E-state index contributed by atoms with van der Waals surface area (Å²) in [6, 6.07) is 10.8. The number of aromatic nitrogens is 1. The zero-order chi connectivity index (χ0) is 21.8. The van der Waals surface area contributed by atoms with E-state index in [1.165, 1.54) is 27.6 Å². The maximum absolute atomic E-state index is 12.6. The van der Waals surface area contributed by atoms with Gasteiger partial charge in [-0.3, -0.25) is 14.9 Å². The number of nitrogens with one attached hydrogen (secondary N) is 1. The van der Waals surface area contributed by atoms with Gasteiger partial charge in [-0.05, 0) is 31.2 Å². The fourth-order valence-electron chi connectivity index (χ4n) is 3.37. The zero-order valence-electron chi connectivity index (χ0n) is 16.9. The predicted octanol–water partition coefficient (Wildman–Crippen LogP) is 3.97. The molecule has 160 valence electrons. The van der Waals surface area contributed by atoms with E-state index < -0.39 is 24.5 Å². The number of carbonyl (C=O) groups excluding carboxylic acids is 3. The van der Waals surface area contributed by atoms with Crippen molar-refractivity contribution in [2.75, 3.05) is 18.5 Å². The first-order chi connectivity index (χ1) is 15.0. The summed E-state index contributed by atoms with van der Waals surface area (Å²) < 4.78 is 5.20. The lowest BCUT2D eigenvalue weighted by molar-refractivity contribution is -0.151. The summed E-state index contributed by atoms with van der Waals surface area (Å²) in [5, 5.41) is 6.78. The molecule has 0 saturated carbocycles. The Hall–Kier alpha value is -3.04. The Morgan fingerprint density at radius 3 is 2.74 bits per heavy atom. The van der Waals surface area contributed by atoms with Crippen molar-refractivity contribution in [2.24, 2.45) is 0 Å². The van der Waals surface area contributed by atoms with Crippen LogP contribution in [0.3, 0.4) is 0 Å². The van der Waals surface area contributed by atoms with E-state index in [0.717, 1.165) is 23.2 Å². The summed E-state index contributed by atoms with van der Waals surface area (Å²) in [4.78, 5) is 43.8. The van der Waals surface area contributed by atoms with E-state index in [1.54, 1.807) is 12.1 Å². The second-order valence-corrected chi connectivity index (χ2v) is 9.00. The van der Waals surface area contributed by atoms with Crippen LogP contribution in [-0.2, 0) is 14.3 Å². The van der Waals surface area contributed by atoms with Gasteiger partial charge in [0.2, 0.25) is 0 Å². The van der Waals surface area contributed by atoms with Gasteiger partial charge in [0.1, 0.15) is 6.04 Å². The van der Waals surface area contributed by atoms with Crippen LogP contribution in [0.2, 0.25) is 0 Å². The van der Waals surface area contributed by atoms with Gasteiger partial charge in [-0.25, -0.2) is 9.78 Å². The second-order valence-electron chi connectivity index (χ2n) is 7.19. The quantitative estimate of drug-likeness (QED) is 0.568. The van der Waals surface area contributed by atoms with Crippen LogP contribution in [0.1, 0.15) is 28.1 Å². The highest BCUT2D eigenvalue weighted by atomic mass is 32.1. The lowest BCUT2D eigenvalue weighted by atomic mass is 10.1. The topological polar surface area (TPSA) is 88.6 Å². The van der Waals surface area contributed by atoms with Crippen molar-refractivity contribution in [3.63, 3.8) is 0 Å². The van der Waals surface area contributed by atoms with Gasteiger partial charge >= 0.3 is 5.97 Å². The lowest BCUT2D eigenvalue weighted by Crippen LogP contribution is -2.41. The molecule has 7 nitrogen and oxygen atoms in total. The number of nitrogens with zero attached hydrogens (tertiary/aromatic N) is 2. The fourth-order valence-corrected chi connectivity index (χ4v) is 4.79. The molecule has 1 fully saturated rings. The van der Waals surface area contributed by atoms with Crippen molar-refractivity contribution in [1.29, 1.82) is 0 Å². The van der Waals surface area contributed by atoms with Crippen LogP contribution in [0.5, 0.6) is 0 Å². The highest BCUT2D eigenvalue weighted by molar-refractivity contribution is 7.14. The van der Waals surface area contributed by atoms with Gasteiger partial charge in [-0.2, -0.15) is 0 Å². The summed E-state index contributed by atoms with van der Waals surface area (Å²) >= 11 is 2.64. The van der Waals surface area contributed by atoms with E-state index in [1.807, 2.05) is 41.9 Å². The first-order valence-electron chi connectivity index (χ1n) is 9.85. The summed E-state index contributed by atoms with van der Waals surface area (Å²) in [6.07, 6.45) is 1.26. The summed E-state index contributed by atoms with van der Waals surface area (Å²) in [5.74, 6) is -1.20. The van der Waals surface area contributed by atoms with Crippen molar-refractivity contribution < 1.29 is 19.1 Å². The van der Waals surface area contributed by atoms with Gasteiger partial charge in [0, 0.05) is 17.5 Å². The molecule has 0 aliphatic carbocycles. The Bertz CT molecular complexity index is 1080. The second kappa shape index (κ2) is 9.40. The van der Waals surface area contributed by atoms with Crippen molar-refractivity contribution in [3.8, 4) is 11.3 Å². The number of thiophene rings is 1. The van der Waals surface area contributed by atoms with Gasteiger partial charge < -0.3 is 9.64 Å². The minimum Gasteiger partial charge on any atom is -0.454 e. The van der Waals surface area contributed by atoms with Gasteiger partial charge in [0.25, 0.3) is 11.8 Å². The number of benzene rings is 1. The Labute approximate surface area is 187 Å². The van der Waals surface area contributed by atoms with Crippen molar-refractivity contribution in [3.05, 3.63) is 57.6 Å². The molecule has 1 N–H and O–H groups in total. The number of rotatable bonds is 6. The molecule has 0 radical (unpaired) electrons. The molecular weight excluding hydrogens is 434 g/mol. The number of amides is 2. The summed E-state index contributed by atoms with van der Waals surface area (Å²) in [7, 11) is 0. The largest absolute Gasteiger partial charge is 0.454 e. The van der Waals surface area contributed by atoms with Crippen molar-refractivity contribution >= 4 is 45.6 Å². The molecule has 1 aliphatic rings. The smallest absolute Gasteiger partial charge is 0.329 e. The number of aryl methyl sites for hydroxylation is 1. The third kappa shape index (κ3) is 5.00. The molecule has 2 amide bonds. The van der Waals surface area contributed by atoms with Crippen LogP contribution < -0.4 is 5.32 Å². The number of likely N-dealkylation sites (tertiary alicyclic amines) is 1. The molecule has 3 heterocycles. The first-order valence-corrected chi connectivity index (χ1v) is 11.6. The molecule has 1 aromatic carbocycles. The van der Waals surface area contributed by atoms with Gasteiger partial charge in [-0.15, -0.1) is 22.7 Å². The summed E-state index contributed by atoms with van der Waals surface area (Å²) in [5.41, 5.74) is 2.89. The molecule has 1 aliphatic heterocycles. The molecule has 3 aromatic rings. The van der Waals surface area contributed by atoms with E-state index in [9.17, 15) is 14.4 Å². The molecule has 0 bridgehead atoms. The average Bonchev–Trinajstić information content (AvgIpc) is 3.53. The monoisotopic (exact) mass is 455 g/mol. The molecule has 9 heteroatoms. The molecule has 1 saturated heterocycles. The number of ether oxygens (including phenoxy) is 1. The fraction of sp³-hybridized carbons (Fsp3) is 0.273. The highest BCUT2D eigenvalue weighted by Crippen LogP contribution is 2.25. The molecule has 31 heavy (non-hydrogen) atoms. The number of carbonyl (C=O) groups is 3. The van der Waals surface area contributed by atoms with Gasteiger partial charge in [0.15, 0.2) is 11.7 Å². The number of hydrogen-bond acceptors (Lipinski definition) is 7. The Kier molecular flexibility index (Phi) is 6.43. The zero-order valence-corrected chi connectivity index (χ0v) is 18.5. The van der Waals surface area contributed by atoms with Crippen molar-refractivity contribution in [1.82, 2.24) is 9.88 Å². The molecule has 0 spiro atoms. The Morgan fingerprint density at radius 2 is 2.00 bits per heavy atom. The maximum Gasteiger partial charge on any atom is 0.329 e. The number of anilines is 1. The minimum absolute atomic E-state index is 0.176. The summed E-state index contributed by atoms with van der Waals surface area (Å²) in [6.45, 7) is 2.10. The van der Waals surface area contributed by atoms with Crippen LogP contribution in [0.15, 0.2) is 47.2 Å². The third-order valence-corrected chi connectivity index (χ3v) is 6.58. The third-order valence-electron chi connectivity index (χ3n) is 4.96. The van der Waals surface area contributed by atoms with Gasteiger partial charge in [-0.1, -0.05) is 35.9 Å². The van der Waals surface area contributed by atoms with E-state index in [2.05, 4.69) is 10.3 Å². The van der Waals surface area contributed by atoms with Crippen LogP contribution in [0.4, 0.5) is 5.13 Å². The molecule has 1 atom stereocenters. The minimum atomic E-state index is -0.657. The van der Waals surface area contributed by atoms with Crippen LogP contribution in [-0.4, -0.2) is 46.9 Å². The number of hydrogen-bond donors (Lipinski definition) is 1. The molecule has 0 unspecified atom stereocenters. The standard InChI is InChI=1S/C22H21N3O4S2/c1-14-6-8-15(9-7-14)16-13-31-22(23-16)24-19(26)12-29-21(28)17-4-2-10-25(17)20(27)18-5-3-11-30-18/h3,5-9,11,13,17H,2,4,10,12H2,1H3,(H,23,24,26)/t17-/m1/s1. The average molecular weight is 456 g/mol. The van der Waals surface area contributed by atoms with Crippen LogP contribution in [0, 0.1) is 6.92 Å². The number of esters is 1.